The first kappa shape index (κ1) is 22.1. The fourth-order valence-electron chi connectivity index (χ4n) is 3.09. The number of amides is 1. The first-order valence-corrected chi connectivity index (χ1v) is 9.48. The van der Waals surface area contributed by atoms with Crippen molar-refractivity contribution in [2.24, 2.45) is 0 Å². The number of hydrogen-bond donors (Lipinski definition) is 1. The normalized spacial score (nSPS) is 12.1. The Bertz CT molecular complexity index is 1030. The highest BCUT2D eigenvalue weighted by molar-refractivity contribution is 5.97. The quantitative estimate of drug-likeness (QED) is 0.570. The van der Waals surface area contributed by atoms with Crippen LogP contribution in [-0.4, -0.2) is 25.0 Å². The second-order valence-corrected chi connectivity index (χ2v) is 6.89. The second kappa shape index (κ2) is 9.47. The molecule has 0 unspecified atom stereocenters. The van der Waals surface area contributed by atoms with E-state index in [4.69, 9.17) is 4.74 Å². The summed E-state index contributed by atoms with van der Waals surface area (Å²) < 4.78 is 42.9. The topological polar surface area (TPSA) is 55.4 Å². The minimum absolute atomic E-state index is 0.00134. The van der Waals surface area contributed by atoms with Gasteiger partial charge in [0.05, 0.1) is 12.7 Å². The maximum Gasteiger partial charge on any atom is 0.416 e. The van der Waals surface area contributed by atoms with Crippen LogP contribution in [0.5, 0.6) is 0 Å². The van der Waals surface area contributed by atoms with Crippen molar-refractivity contribution in [3.05, 3.63) is 95.6 Å². The van der Waals surface area contributed by atoms with Gasteiger partial charge in [-0.1, -0.05) is 54.6 Å². The molecule has 3 aromatic rings. The Hall–Kier alpha value is -3.61. The lowest BCUT2D eigenvalue weighted by Crippen LogP contribution is -2.43. The predicted octanol–water partition coefficient (Wildman–Crippen LogP) is 4.89. The largest absolute Gasteiger partial charge is 0.467 e. The van der Waals surface area contributed by atoms with E-state index in [1.54, 1.807) is 24.3 Å². The van der Waals surface area contributed by atoms with Crippen molar-refractivity contribution < 1.29 is 27.5 Å². The number of carbonyl (C=O) groups excluding carboxylic acids is 2. The number of ether oxygens (including phenoxy) is 1. The smallest absolute Gasteiger partial charge is 0.416 e. The SMILES string of the molecule is COC(=O)[C@@H](Cc1ccc(C(F)(F)F)cc1)NC(=O)c1ccc(-c2ccccc2)cc1. The summed E-state index contributed by atoms with van der Waals surface area (Å²) in [4.78, 5) is 24.8. The highest BCUT2D eigenvalue weighted by atomic mass is 19.4. The zero-order chi connectivity index (χ0) is 22.4. The minimum Gasteiger partial charge on any atom is -0.467 e. The zero-order valence-corrected chi connectivity index (χ0v) is 16.6. The van der Waals surface area contributed by atoms with Crippen molar-refractivity contribution in [3.8, 4) is 11.1 Å². The minimum atomic E-state index is -4.44. The molecule has 1 amide bonds. The molecule has 3 aromatic carbocycles. The standard InChI is InChI=1S/C24H20F3NO3/c1-31-23(30)21(15-16-7-13-20(14-8-16)24(25,26)27)28-22(29)19-11-9-18(10-12-19)17-5-3-2-4-6-17/h2-14,21H,15H2,1H3,(H,28,29)/t21-/m1/s1. The molecule has 1 N–H and O–H groups in total. The lowest BCUT2D eigenvalue weighted by atomic mass is 10.0. The molecule has 3 rings (SSSR count). The van der Waals surface area contributed by atoms with Crippen molar-refractivity contribution in [2.45, 2.75) is 18.6 Å². The molecule has 0 saturated carbocycles. The third-order valence-corrected chi connectivity index (χ3v) is 4.77. The molecule has 0 aromatic heterocycles. The first-order valence-electron chi connectivity index (χ1n) is 9.48. The lowest BCUT2D eigenvalue weighted by molar-refractivity contribution is -0.143. The van der Waals surface area contributed by atoms with Gasteiger partial charge < -0.3 is 10.1 Å². The van der Waals surface area contributed by atoms with Crippen molar-refractivity contribution in [2.75, 3.05) is 7.11 Å². The van der Waals surface area contributed by atoms with Crippen LogP contribution in [0.15, 0.2) is 78.9 Å². The lowest BCUT2D eigenvalue weighted by Gasteiger charge is -2.17. The molecule has 0 saturated heterocycles. The van der Waals surface area contributed by atoms with Gasteiger partial charge in [-0.15, -0.1) is 0 Å². The summed E-state index contributed by atoms with van der Waals surface area (Å²) in [6.45, 7) is 0. The summed E-state index contributed by atoms with van der Waals surface area (Å²) >= 11 is 0. The molecule has 7 heteroatoms. The molecule has 0 aliphatic heterocycles. The van der Waals surface area contributed by atoms with Crippen molar-refractivity contribution >= 4 is 11.9 Å². The van der Waals surface area contributed by atoms with Crippen LogP contribution < -0.4 is 5.32 Å². The van der Waals surface area contributed by atoms with E-state index in [2.05, 4.69) is 5.32 Å². The Morgan fingerprint density at radius 1 is 0.871 bits per heavy atom. The predicted molar refractivity (Wildman–Crippen MR) is 110 cm³/mol. The molecule has 0 aliphatic rings. The zero-order valence-electron chi connectivity index (χ0n) is 16.6. The summed E-state index contributed by atoms with van der Waals surface area (Å²) in [7, 11) is 1.18. The molecule has 0 bridgehead atoms. The van der Waals surface area contributed by atoms with Gasteiger partial charge >= 0.3 is 12.1 Å². The Kier molecular flexibility index (Phi) is 6.74. The van der Waals surface area contributed by atoms with Crippen molar-refractivity contribution in [1.82, 2.24) is 5.32 Å². The van der Waals surface area contributed by atoms with E-state index in [1.165, 1.54) is 19.2 Å². The highest BCUT2D eigenvalue weighted by Crippen LogP contribution is 2.29. The van der Waals surface area contributed by atoms with Gasteiger partial charge in [0, 0.05) is 12.0 Å². The van der Waals surface area contributed by atoms with Gasteiger partial charge in [0.25, 0.3) is 5.91 Å². The van der Waals surface area contributed by atoms with E-state index in [0.29, 0.717) is 11.1 Å². The summed E-state index contributed by atoms with van der Waals surface area (Å²) in [5.41, 5.74) is 1.97. The van der Waals surface area contributed by atoms with Gasteiger partial charge in [0.15, 0.2) is 0 Å². The molecule has 4 nitrogen and oxygen atoms in total. The number of carbonyl (C=O) groups is 2. The highest BCUT2D eigenvalue weighted by Gasteiger charge is 2.30. The van der Waals surface area contributed by atoms with Crippen LogP contribution in [0.2, 0.25) is 0 Å². The molecular formula is C24H20F3NO3. The Morgan fingerprint density at radius 3 is 2.00 bits per heavy atom. The van der Waals surface area contributed by atoms with E-state index in [0.717, 1.165) is 23.3 Å². The van der Waals surface area contributed by atoms with Crippen molar-refractivity contribution in [3.63, 3.8) is 0 Å². The Labute approximate surface area is 177 Å². The van der Waals surface area contributed by atoms with Crippen LogP contribution in [0.3, 0.4) is 0 Å². The molecule has 31 heavy (non-hydrogen) atoms. The number of halogens is 3. The third kappa shape index (κ3) is 5.72. The van der Waals surface area contributed by atoms with Gasteiger partial charge in [0.1, 0.15) is 6.04 Å². The van der Waals surface area contributed by atoms with Gasteiger partial charge in [-0.2, -0.15) is 13.2 Å². The third-order valence-electron chi connectivity index (χ3n) is 4.77. The number of hydrogen-bond acceptors (Lipinski definition) is 3. The van der Waals surface area contributed by atoms with Crippen LogP contribution in [0.1, 0.15) is 21.5 Å². The number of esters is 1. The van der Waals surface area contributed by atoms with E-state index in [1.807, 2.05) is 30.3 Å². The summed E-state index contributed by atoms with van der Waals surface area (Å²) in [6, 6.07) is 19.9. The fraction of sp³-hybridized carbons (Fsp3) is 0.167. The molecule has 0 heterocycles. The molecule has 0 radical (unpaired) electrons. The van der Waals surface area contributed by atoms with Crippen LogP contribution >= 0.6 is 0 Å². The average Bonchev–Trinajstić information content (AvgIpc) is 2.78. The van der Waals surface area contributed by atoms with E-state index in [9.17, 15) is 22.8 Å². The van der Waals surface area contributed by atoms with Crippen LogP contribution in [0.4, 0.5) is 13.2 Å². The maximum absolute atomic E-state index is 12.7. The summed E-state index contributed by atoms with van der Waals surface area (Å²) in [5.74, 6) is -1.17. The molecule has 160 valence electrons. The molecular weight excluding hydrogens is 407 g/mol. The van der Waals surface area contributed by atoms with Gasteiger partial charge in [0.2, 0.25) is 0 Å². The molecule has 0 spiro atoms. The van der Waals surface area contributed by atoms with Gasteiger partial charge in [-0.25, -0.2) is 4.79 Å². The fourth-order valence-corrected chi connectivity index (χ4v) is 3.09. The Morgan fingerprint density at radius 2 is 1.45 bits per heavy atom. The van der Waals surface area contributed by atoms with Crippen LogP contribution in [0, 0.1) is 0 Å². The van der Waals surface area contributed by atoms with Crippen LogP contribution in [0.25, 0.3) is 11.1 Å². The monoisotopic (exact) mass is 427 g/mol. The summed E-state index contributed by atoms with van der Waals surface area (Å²) in [5, 5.41) is 2.60. The maximum atomic E-state index is 12.7. The average molecular weight is 427 g/mol. The number of alkyl halides is 3. The van der Waals surface area contributed by atoms with E-state index < -0.39 is 29.7 Å². The van der Waals surface area contributed by atoms with E-state index >= 15 is 0 Å². The summed E-state index contributed by atoms with van der Waals surface area (Å²) in [6.07, 6.45) is -4.45. The first-order chi connectivity index (χ1) is 14.8. The molecule has 0 fully saturated rings. The Balaban J connectivity index is 1.72. The van der Waals surface area contributed by atoms with Crippen molar-refractivity contribution in [1.29, 1.82) is 0 Å². The molecule has 0 aliphatic carbocycles. The van der Waals surface area contributed by atoms with E-state index in [-0.39, 0.29) is 6.42 Å². The number of benzene rings is 3. The number of methoxy groups -OCH3 is 1. The molecule has 1 atom stereocenters. The van der Waals surface area contributed by atoms with Gasteiger partial charge in [-0.05, 0) is 41.0 Å². The second-order valence-electron chi connectivity index (χ2n) is 6.89. The van der Waals surface area contributed by atoms with Gasteiger partial charge in [-0.3, -0.25) is 4.79 Å². The number of rotatable bonds is 6. The number of nitrogens with one attached hydrogen (secondary N) is 1. The van der Waals surface area contributed by atoms with Crippen LogP contribution in [-0.2, 0) is 22.1 Å².